The van der Waals surface area contributed by atoms with E-state index in [-0.39, 0.29) is 0 Å². The number of oxime groups is 1. The first kappa shape index (κ1) is 25.0. The van der Waals surface area contributed by atoms with E-state index >= 15 is 0 Å². The van der Waals surface area contributed by atoms with Crippen LogP contribution in [0.1, 0.15) is 45.2 Å². The molecule has 1 aromatic rings. The van der Waals surface area contributed by atoms with Crippen LogP contribution in [-0.2, 0) is 22.4 Å². The molecule has 28 heavy (non-hydrogen) atoms. The smallest absolute Gasteiger partial charge is 0.140 e. The van der Waals surface area contributed by atoms with Crippen LogP contribution in [0.5, 0.6) is 11.5 Å². The van der Waals surface area contributed by atoms with Crippen LogP contribution in [0, 0.1) is 0 Å². The van der Waals surface area contributed by atoms with E-state index in [4.69, 9.17) is 19.0 Å². The topological polar surface area (TPSA) is 49.3 Å². The number of benzene rings is 1. The van der Waals surface area contributed by atoms with Crippen LogP contribution < -0.4 is 9.47 Å². The Balaban J connectivity index is 2.48. The van der Waals surface area contributed by atoms with Crippen molar-refractivity contribution in [2.75, 3.05) is 33.0 Å². The highest BCUT2D eigenvalue weighted by Gasteiger charge is 2.11. The van der Waals surface area contributed by atoms with E-state index in [1.54, 1.807) is 0 Å². The van der Waals surface area contributed by atoms with Crippen LogP contribution in [0.15, 0.2) is 26.8 Å². The van der Waals surface area contributed by atoms with E-state index < -0.39 is 0 Å². The predicted octanol–water partition coefficient (Wildman–Crippen LogP) is 6.02. The van der Waals surface area contributed by atoms with Crippen molar-refractivity contribution in [3.05, 3.63) is 32.7 Å². The molecule has 0 saturated heterocycles. The van der Waals surface area contributed by atoms with Crippen molar-refractivity contribution >= 4 is 37.6 Å². The van der Waals surface area contributed by atoms with Crippen molar-refractivity contribution in [3.63, 3.8) is 0 Å². The second kappa shape index (κ2) is 14.9. The zero-order valence-corrected chi connectivity index (χ0v) is 20.4. The Kier molecular flexibility index (Phi) is 13.3. The van der Waals surface area contributed by atoms with Crippen LogP contribution in [-0.4, -0.2) is 38.7 Å². The third-order valence-corrected chi connectivity index (χ3v) is 4.36. The summed E-state index contributed by atoms with van der Waals surface area (Å²) >= 11 is 6.67. The highest BCUT2D eigenvalue weighted by Crippen LogP contribution is 2.31. The molecule has 158 valence electrons. The van der Waals surface area contributed by atoms with Gasteiger partial charge in [-0.1, -0.05) is 19.0 Å². The molecule has 0 radical (unpaired) electrons. The van der Waals surface area contributed by atoms with Crippen molar-refractivity contribution in [3.8, 4) is 11.5 Å². The van der Waals surface area contributed by atoms with E-state index in [0.29, 0.717) is 33.0 Å². The monoisotopic (exact) mass is 519 g/mol. The molecular weight excluding hydrogens is 490 g/mol. The van der Waals surface area contributed by atoms with Gasteiger partial charge in [0.05, 0.1) is 22.3 Å². The summed E-state index contributed by atoms with van der Waals surface area (Å²) in [7, 11) is 0. The molecule has 1 aromatic carbocycles. The lowest BCUT2D eigenvalue weighted by atomic mass is 10.0. The summed E-state index contributed by atoms with van der Waals surface area (Å²) in [4.78, 5) is 5.09. The Morgan fingerprint density at radius 2 is 1.64 bits per heavy atom. The van der Waals surface area contributed by atoms with Crippen LogP contribution in [0.25, 0.3) is 0 Å². The lowest BCUT2D eigenvalue weighted by Crippen LogP contribution is -2.09. The molecule has 5 nitrogen and oxygen atoms in total. The van der Waals surface area contributed by atoms with E-state index in [2.05, 4.69) is 63.0 Å². The van der Waals surface area contributed by atoms with Gasteiger partial charge in [-0.3, -0.25) is 0 Å². The molecule has 0 spiro atoms. The SMILES string of the molecule is CCc1cc(OCC=C(Br)Br)cc(CC)c1OCCCOCCON=C(C)C. The van der Waals surface area contributed by atoms with E-state index in [1.807, 2.05) is 19.9 Å². The number of ether oxygens (including phenoxy) is 3. The van der Waals surface area contributed by atoms with Gasteiger partial charge in [0.2, 0.25) is 0 Å². The molecule has 0 atom stereocenters. The Hall–Kier alpha value is -1.05. The Morgan fingerprint density at radius 1 is 0.964 bits per heavy atom. The van der Waals surface area contributed by atoms with Gasteiger partial charge in [0.25, 0.3) is 0 Å². The van der Waals surface area contributed by atoms with Gasteiger partial charge < -0.3 is 19.0 Å². The fourth-order valence-electron chi connectivity index (χ4n) is 2.43. The molecular formula is C21H31Br2NO4. The fraction of sp³-hybridized carbons (Fsp3) is 0.571. The van der Waals surface area contributed by atoms with Crippen LogP contribution >= 0.6 is 31.9 Å². The molecule has 0 aliphatic heterocycles. The quantitative estimate of drug-likeness (QED) is 0.171. The summed E-state index contributed by atoms with van der Waals surface area (Å²) in [5.41, 5.74) is 3.23. The number of hydrogen-bond donors (Lipinski definition) is 0. The average molecular weight is 521 g/mol. The molecule has 1 rings (SSSR count). The van der Waals surface area contributed by atoms with Gasteiger partial charge in [-0.05, 0) is 87.9 Å². The molecule has 0 unspecified atom stereocenters. The van der Waals surface area contributed by atoms with E-state index in [9.17, 15) is 0 Å². The summed E-state index contributed by atoms with van der Waals surface area (Å²) in [5, 5.41) is 3.86. The van der Waals surface area contributed by atoms with Gasteiger partial charge in [0, 0.05) is 13.0 Å². The average Bonchev–Trinajstić information content (AvgIpc) is 2.66. The van der Waals surface area contributed by atoms with Gasteiger partial charge in [-0.2, -0.15) is 0 Å². The van der Waals surface area contributed by atoms with Crippen molar-refractivity contribution in [2.45, 2.75) is 47.0 Å². The molecule has 7 heteroatoms. The maximum absolute atomic E-state index is 6.09. The zero-order chi connectivity index (χ0) is 20.8. The summed E-state index contributed by atoms with van der Waals surface area (Å²) in [6, 6.07) is 4.13. The fourth-order valence-corrected chi connectivity index (χ4v) is 2.69. The Morgan fingerprint density at radius 3 is 2.21 bits per heavy atom. The van der Waals surface area contributed by atoms with E-state index in [1.165, 1.54) is 11.1 Å². The Labute approximate surface area is 185 Å². The number of nitrogens with zero attached hydrogens (tertiary/aromatic N) is 1. The van der Waals surface area contributed by atoms with Crippen molar-refractivity contribution in [1.29, 1.82) is 0 Å². The lowest BCUT2D eigenvalue weighted by molar-refractivity contribution is 0.0461. The number of halogens is 2. The Bertz CT molecular complexity index is 614. The molecule has 0 saturated carbocycles. The summed E-state index contributed by atoms with van der Waals surface area (Å²) in [5.74, 6) is 1.84. The molecule has 0 fully saturated rings. The highest BCUT2D eigenvalue weighted by molar-refractivity contribution is 9.28. The maximum atomic E-state index is 6.09. The van der Waals surface area contributed by atoms with E-state index in [0.717, 1.165) is 39.9 Å². The second-order valence-electron chi connectivity index (χ2n) is 6.27. The van der Waals surface area contributed by atoms with Gasteiger partial charge in [-0.25, -0.2) is 0 Å². The number of rotatable bonds is 14. The molecule has 0 aliphatic rings. The van der Waals surface area contributed by atoms with Crippen LogP contribution in [0.2, 0.25) is 0 Å². The standard InChI is InChI=1S/C21H31Br2NO4/c1-5-17-14-19(26-11-8-20(22)23)15-18(6-2)21(17)27-10-7-9-25-12-13-28-24-16(3)4/h8,14-15H,5-7,9-13H2,1-4H3. The van der Waals surface area contributed by atoms with Gasteiger partial charge >= 0.3 is 0 Å². The summed E-state index contributed by atoms with van der Waals surface area (Å²) in [6.07, 6.45) is 4.53. The van der Waals surface area contributed by atoms with Gasteiger partial charge in [0.15, 0.2) is 0 Å². The molecule has 0 heterocycles. The lowest BCUT2D eigenvalue weighted by Gasteiger charge is -2.17. The minimum Gasteiger partial charge on any atom is -0.493 e. The highest BCUT2D eigenvalue weighted by atomic mass is 79.9. The first-order valence-corrected chi connectivity index (χ1v) is 11.2. The summed E-state index contributed by atoms with van der Waals surface area (Å²) < 4.78 is 18.3. The van der Waals surface area contributed by atoms with Gasteiger partial charge in [0.1, 0.15) is 24.7 Å². The first-order chi connectivity index (χ1) is 13.5. The molecule has 0 aliphatic carbocycles. The normalized spacial score (nSPS) is 10.4. The number of aryl methyl sites for hydroxylation is 2. The van der Waals surface area contributed by atoms with Crippen LogP contribution in [0.4, 0.5) is 0 Å². The second-order valence-corrected chi connectivity index (χ2v) is 9.04. The van der Waals surface area contributed by atoms with Crippen LogP contribution in [0.3, 0.4) is 0 Å². The van der Waals surface area contributed by atoms with Crippen molar-refractivity contribution < 1.29 is 19.0 Å². The third kappa shape index (κ3) is 10.5. The third-order valence-electron chi connectivity index (χ3n) is 3.71. The van der Waals surface area contributed by atoms with Crippen molar-refractivity contribution in [2.24, 2.45) is 5.16 Å². The van der Waals surface area contributed by atoms with Crippen molar-refractivity contribution in [1.82, 2.24) is 0 Å². The minimum atomic E-state index is 0.467. The predicted molar refractivity (Wildman–Crippen MR) is 122 cm³/mol. The number of hydrogen-bond acceptors (Lipinski definition) is 5. The zero-order valence-electron chi connectivity index (χ0n) is 17.2. The minimum absolute atomic E-state index is 0.467. The molecule has 0 N–H and O–H groups in total. The summed E-state index contributed by atoms with van der Waals surface area (Å²) in [6.45, 7) is 10.8. The largest absolute Gasteiger partial charge is 0.493 e. The molecule has 0 bridgehead atoms. The van der Waals surface area contributed by atoms with Gasteiger partial charge in [-0.15, -0.1) is 0 Å². The molecule has 0 aromatic heterocycles. The first-order valence-electron chi connectivity index (χ1n) is 9.61. The maximum Gasteiger partial charge on any atom is 0.140 e. The molecule has 0 amide bonds.